The largest absolute Gasteiger partial charge is 0.384 e. The van der Waals surface area contributed by atoms with Gasteiger partial charge in [-0.1, -0.05) is 23.7 Å². The van der Waals surface area contributed by atoms with E-state index in [1.807, 2.05) is 19.2 Å². The Kier molecular flexibility index (Phi) is 10.3. The van der Waals surface area contributed by atoms with Gasteiger partial charge in [0.25, 0.3) is 0 Å². The van der Waals surface area contributed by atoms with Gasteiger partial charge in [0.2, 0.25) is 0 Å². The number of nitrogens with zero attached hydrogens (tertiary/aromatic N) is 3. The third-order valence-corrected chi connectivity index (χ3v) is 5.61. The maximum Gasteiger partial charge on any atom is 0.193 e. The summed E-state index contributed by atoms with van der Waals surface area (Å²) >= 11 is 6.26. The lowest BCUT2D eigenvalue weighted by Crippen LogP contribution is -2.47. The zero-order valence-electron chi connectivity index (χ0n) is 16.8. The molecule has 2 saturated heterocycles. The Morgan fingerprint density at radius 3 is 2.82 bits per heavy atom. The predicted molar refractivity (Wildman–Crippen MR) is 125 cm³/mol. The summed E-state index contributed by atoms with van der Waals surface area (Å²) in [5, 5.41) is 4.37. The molecule has 2 heterocycles. The minimum absolute atomic E-state index is 0. The average molecular weight is 523 g/mol. The van der Waals surface area contributed by atoms with E-state index >= 15 is 0 Å². The molecule has 0 bridgehead atoms. The maximum atomic E-state index is 6.26. The molecular formula is C20H32ClIN4O2. The third-order valence-electron chi connectivity index (χ3n) is 5.37. The summed E-state index contributed by atoms with van der Waals surface area (Å²) in [5.74, 6) is 1.55. The first-order valence-corrected chi connectivity index (χ1v) is 10.1. The second-order valence-corrected chi connectivity index (χ2v) is 7.64. The summed E-state index contributed by atoms with van der Waals surface area (Å²) in [6.45, 7) is 7.02. The molecule has 1 aromatic carbocycles. The number of benzene rings is 1. The normalized spacial score (nSPS) is 22.0. The summed E-state index contributed by atoms with van der Waals surface area (Å²) in [4.78, 5) is 9.31. The van der Waals surface area contributed by atoms with Crippen LogP contribution >= 0.6 is 35.6 Å². The molecule has 158 valence electrons. The smallest absolute Gasteiger partial charge is 0.193 e. The van der Waals surface area contributed by atoms with Gasteiger partial charge >= 0.3 is 0 Å². The highest BCUT2D eigenvalue weighted by atomic mass is 127. The Labute approximate surface area is 190 Å². The van der Waals surface area contributed by atoms with Crippen LogP contribution in [-0.2, 0) is 9.47 Å². The van der Waals surface area contributed by atoms with E-state index in [1.165, 1.54) is 5.56 Å². The molecule has 0 radical (unpaired) electrons. The van der Waals surface area contributed by atoms with E-state index in [1.54, 1.807) is 7.11 Å². The molecule has 2 aliphatic heterocycles. The van der Waals surface area contributed by atoms with Crippen LogP contribution < -0.4 is 5.32 Å². The number of guanidine groups is 1. The van der Waals surface area contributed by atoms with E-state index in [4.69, 9.17) is 21.1 Å². The molecule has 1 N–H and O–H groups in total. The van der Waals surface area contributed by atoms with E-state index in [2.05, 4.69) is 32.2 Å². The Hall–Kier alpha value is -0.610. The molecule has 0 spiro atoms. The van der Waals surface area contributed by atoms with Crippen LogP contribution in [0.25, 0.3) is 0 Å². The summed E-state index contributed by atoms with van der Waals surface area (Å²) in [7, 11) is 3.63. The number of halogens is 2. The molecule has 3 rings (SSSR count). The lowest BCUT2D eigenvalue weighted by molar-refractivity contribution is 0.0169. The average Bonchev–Trinajstić information content (AvgIpc) is 3.15. The Morgan fingerprint density at radius 1 is 1.36 bits per heavy atom. The molecule has 8 heteroatoms. The standard InChI is InChI=1S/C20H31ClN4O2.HI/c1-22-20(25-7-6-16(14-25)15-26-2)23-13-19(24-8-10-27-11-9-24)17-4-3-5-18(21)12-17;/h3-5,12,16,19H,6-11,13-15H2,1-2H3,(H,22,23);1H. The molecule has 1 aromatic rings. The minimum Gasteiger partial charge on any atom is -0.384 e. The van der Waals surface area contributed by atoms with Gasteiger partial charge in [-0.15, -0.1) is 24.0 Å². The molecule has 2 atom stereocenters. The van der Waals surface area contributed by atoms with Gasteiger partial charge < -0.3 is 19.7 Å². The quantitative estimate of drug-likeness (QED) is 0.354. The van der Waals surface area contributed by atoms with Crippen LogP contribution in [0.2, 0.25) is 5.02 Å². The van der Waals surface area contributed by atoms with Gasteiger partial charge in [-0.2, -0.15) is 0 Å². The molecule has 28 heavy (non-hydrogen) atoms. The number of aliphatic imine (C=N–C) groups is 1. The van der Waals surface area contributed by atoms with Crippen molar-refractivity contribution in [3.63, 3.8) is 0 Å². The lowest BCUT2D eigenvalue weighted by Gasteiger charge is -2.35. The molecule has 2 unspecified atom stereocenters. The van der Waals surface area contributed by atoms with Crippen LogP contribution in [0.15, 0.2) is 29.3 Å². The molecule has 2 aliphatic rings. The number of rotatable bonds is 6. The second kappa shape index (κ2) is 12.2. The van der Waals surface area contributed by atoms with Crippen molar-refractivity contribution >= 4 is 41.5 Å². The van der Waals surface area contributed by atoms with E-state index in [0.717, 1.165) is 69.9 Å². The van der Waals surface area contributed by atoms with Crippen molar-refractivity contribution < 1.29 is 9.47 Å². The summed E-state index contributed by atoms with van der Waals surface area (Å²) in [6, 6.07) is 8.41. The lowest BCUT2D eigenvalue weighted by atomic mass is 10.0. The molecule has 6 nitrogen and oxygen atoms in total. The summed E-state index contributed by atoms with van der Waals surface area (Å²) in [6.07, 6.45) is 1.15. The minimum atomic E-state index is 0. The number of hydrogen-bond acceptors (Lipinski definition) is 4. The zero-order valence-corrected chi connectivity index (χ0v) is 19.9. The zero-order chi connectivity index (χ0) is 19.1. The van der Waals surface area contributed by atoms with Crippen molar-refractivity contribution in [3.8, 4) is 0 Å². The Balaban J connectivity index is 0.00000280. The fourth-order valence-corrected chi connectivity index (χ4v) is 4.18. The van der Waals surface area contributed by atoms with Crippen LogP contribution in [0.1, 0.15) is 18.0 Å². The van der Waals surface area contributed by atoms with Gasteiger partial charge in [0.1, 0.15) is 0 Å². The molecule has 0 aromatic heterocycles. The predicted octanol–water partition coefficient (Wildman–Crippen LogP) is 2.88. The van der Waals surface area contributed by atoms with Gasteiger partial charge in [0.05, 0.1) is 25.9 Å². The first kappa shape index (κ1) is 23.7. The SMILES string of the molecule is CN=C(NCC(c1cccc(Cl)c1)N1CCOCC1)N1CCC(COC)C1.I. The third kappa shape index (κ3) is 6.45. The van der Waals surface area contributed by atoms with Gasteiger partial charge in [-0.25, -0.2) is 0 Å². The van der Waals surface area contributed by atoms with Crippen LogP contribution in [-0.4, -0.2) is 82.5 Å². The van der Waals surface area contributed by atoms with E-state index < -0.39 is 0 Å². The first-order valence-electron chi connectivity index (χ1n) is 9.73. The summed E-state index contributed by atoms with van der Waals surface area (Å²) in [5.41, 5.74) is 1.23. The Morgan fingerprint density at radius 2 is 2.14 bits per heavy atom. The summed E-state index contributed by atoms with van der Waals surface area (Å²) < 4.78 is 10.9. The number of ether oxygens (including phenoxy) is 2. The molecular weight excluding hydrogens is 491 g/mol. The van der Waals surface area contributed by atoms with E-state index in [0.29, 0.717) is 5.92 Å². The van der Waals surface area contributed by atoms with Gasteiger partial charge in [-0.05, 0) is 24.1 Å². The van der Waals surface area contributed by atoms with Crippen LogP contribution in [0.3, 0.4) is 0 Å². The van der Waals surface area contributed by atoms with Crippen LogP contribution in [0.5, 0.6) is 0 Å². The Bertz CT molecular complexity index is 628. The molecule has 2 fully saturated rings. The molecule has 0 saturated carbocycles. The van der Waals surface area contributed by atoms with Crippen molar-refractivity contribution in [2.75, 3.05) is 66.7 Å². The van der Waals surface area contributed by atoms with Crippen molar-refractivity contribution in [2.45, 2.75) is 12.5 Å². The maximum absolute atomic E-state index is 6.26. The van der Waals surface area contributed by atoms with Gasteiger partial charge in [-0.3, -0.25) is 9.89 Å². The fraction of sp³-hybridized carbons (Fsp3) is 0.650. The van der Waals surface area contributed by atoms with Gasteiger partial charge in [0.15, 0.2) is 5.96 Å². The van der Waals surface area contributed by atoms with E-state index in [9.17, 15) is 0 Å². The number of methoxy groups -OCH3 is 1. The highest BCUT2D eigenvalue weighted by molar-refractivity contribution is 14.0. The number of hydrogen-bond donors (Lipinski definition) is 1. The van der Waals surface area contributed by atoms with Crippen LogP contribution in [0.4, 0.5) is 0 Å². The monoisotopic (exact) mass is 522 g/mol. The fourth-order valence-electron chi connectivity index (χ4n) is 3.98. The van der Waals surface area contributed by atoms with Gasteiger partial charge in [0, 0.05) is 57.8 Å². The number of nitrogens with one attached hydrogen (secondary N) is 1. The first-order chi connectivity index (χ1) is 13.2. The van der Waals surface area contributed by atoms with Crippen molar-refractivity contribution in [1.29, 1.82) is 0 Å². The highest BCUT2D eigenvalue weighted by Gasteiger charge is 2.27. The van der Waals surface area contributed by atoms with Crippen molar-refractivity contribution in [2.24, 2.45) is 10.9 Å². The van der Waals surface area contributed by atoms with Crippen molar-refractivity contribution in [3.05, 3.63) is 34.9 Å². The van der Waals surface area contributed by atoms with Crippen molar-refractivity contribution in [1.82, 2.24) is 15.1 Å². The molecule has 0 amide bonds. The molecule has 0 aliphatic carbocycles. The highest BCUT2D eigenvalue weighted by Crippen LogP contribution is 2.24. The topological polar surface area (TPSA) is 49.3 Å². The number of morpholine rings is 1. The number of likely N-dealkylation sites (tertiary alicyclic amines) is 1. The second-order valence-electron chi connectivity index (χ2n) is 7.20. The van der Waals surface area contributed by atoms with Crippen LogP contribution in [0, 0.1) is 5.92 Å². The van der Waals surface area contributed by atoms with E-state index in [-0.39, 0.29) is 30.0 Å².